The van der Waals surface area contributed by atoms with Crippen LogP contribution in [0.5, 0.6) is 0 Å². The summed E-state index contributed by atoms with van der Waals surface area (Å²) in [4.78, 5) is 8.63. The first-order valence-corrected chi connectivity index (χ1v) is 8.27. The smallest absolute Gasteiger partial charge is 0.130 e. The molecule has 0 aliphatic rings. The predicted molar refractivity (Wildman–Crippen MR) is 99.7 cm³/mol. The van der Waals surface area contributed by atoms with Gasteiger partial charge >= 0.3 is 0 Å². The van der Waals surface area contributed by atoms with Crippen molar-refractivity contribution in [2.45, 2.75) is 0 Å². The monoisotopic (exact) mass is 349 g/mol. The van der Waals surface area contributed by atoms with E-state index < -0.39 is 0 Å². The summed E-state index contributed by atoms with van der Waals surface area (Å²) >= 11 is 0. The van der Waals surface area contributed by atoms with Crippen LogP contribution in [0.4, 0.5) is 5.82 Å². The van der Waals surface area contributed by atoms with Crippen LogP contribution in [0.2, 0.25) is 0 Å². The topological polar surface area (TPSA) is 93.5 Å². The Labute approximate surface area is 150 Å². The molecule has 1 aromatic carbocycles. The number of hydrogen-bond donors (Lipinski definition) is 2. The number of aromatic amines is 1. The van der Waals surface area contributed by atoms with Crippen molar-refractivity contribution in [2.75, 3.05) is 25.6 Å². The lowest BCUT2D eigenvalue weighted by atomic mass is 10.1. The van der Waals surface area contributed by atoms with Crippen LogP contribution in [0.1, 0.15) is 0 Å². The van der Waals surface area contributed by atoms with Gasteiger partial charge in [-0.05, 0) is 17.7 Å². The molecule has 0 unspecified atom stereocenters. The van der Waals surface area contributed by atoms with Gasteiger partial charge in [0.15, 0.2) is 0 Å². The normalized spacial score (nSPS) is 11.2. The summed E-state index contributed by atoms with van der Waals surface area (Å²) in [5.74, 6) is 0.742. The molecule has 8 nitrogen and oxygen atoms in total. The predicted octanol–water partition coefficient (Wildman–Crippen LogP) is 2.48. The number of ether oxygens (including phenoxy) is 1. The Hall–Kier alpha value is -3.26. The third kappa shape index (κ3) is 3.14. The van der Waals surface area contributed by atoms with Crippen molar-refractivity contribution in [2.24, 2.45) is 7.05 Å². The molecule has 0 spiro atoms. The third-order valence-electron chi connectivity index (χ3n) is 4.12. The van der Waals surface area contributed by atoms with Crippen LogP contribution in [-0.2, 0) is 11.8 Å². The van der Waals surface area contributed by atoms with Gasteiger partial charge in [-0.2, -0.15) is 10.2 Å². The van der Waals surface area contributed by atoms with Gasteiger partial charge in [0.05, 0.1) is 24.0 Å². The van der Waals surface area contributed by atoms with E-state index in [-0.39, 0.29) is 0 Å². The molecule has 132 valence electrons. The molecule has 3 heterocycles. The van der Waals surface area contributed by atoms with Gasteiger partial charge in [-0.15, -0.1) is 0 Å². The summed E-state index contributed by atoms with van der Waals surface area (Å²) in [5.41, 5.74) is 4.66. The maximum atomic E-state index is 5.05. The first-order valence-electron chi connectivity index (χ1n) is 8.27. The number of anilines is 1. The van der Waals surface area contributed by atoms with E-state index in [2.05, 4.69) is 42.7 Å². The molecule has 0 saturated heterocycles. The highest BCUT2D eigenvalue weighted by molar-refractivity contribution is 5.95. The summed E-state index contributed by atoms with van der Waals surface area (Å²) in [6, 6.07) is 8.07. The minimum Gasteiger partial charge on any atom is -0.383 e. The van der Waals surface area contributed by atoms with Crippen molar-refractivity contribution in [3.8, 4) is 22.5 Å². The molecule has 0 aliphatic heterocycles. The Kier molecular flexibility index (Phi) is 4.32. The van der Waals surface area contributed by atoms with E-state index in [1.165, 1.54) is 6.33 Å². The van der Waals surface area contributed by atoms with Gasteiger partial charge in [-0.1, -0.05) is 6.07 Å². The Morgan fingerprint density at radius 3 is 2.92 bits per heavy atom. The first kappa shape index (κ1) is 16.2. The van der Waals surface area contributed by atoms with Crippen LogP contribution < -0.4 is 5.32 Å². The Balaban J connectivity index is 1.71. The van der Waals surface area contributed by atoms with Crippen molar-refractivity contribution in [1.82, 2.24) is 29.9 Å². The SMILES string of the molecule is COCCNc1cc(-c2n[nH]c3ccc(-c4cnn(C)c4)cc23)ncn1. The molecule has 0 fully saturated rings. The number of H-pyrrole nitrogens is 1. The molecule has 8 heteroatoms. The fourth-order valence-electron chi connectivity index (χ4n) is 2.82. The first-order chi connectivity index (χ1) is 12.7. The molecule has 4 aromatic rings. The molecule has 0 aliphatic carbocycles. The van der Waals surface area contributed by atoms with Gasteiger partial charge in [0, 0.05) is 43.9 Å². The van der Waals surface area contributed by atoms with Gasteiger partial charge in [0.1, 0.15) is 17.8 Å². The van der Waals surface area contributed by atoms with E-state index in [1.807, 2.05) is 31.6 Å². The van der Waals surface area contributed by atoms with Crippen LogP contribution in [0.15, 0.2) is 43.0 Å². The highest BCUT2D eigenvalue weighted by Gasteiger charge is 2.12. The van der Waals surface area contributed by atoms with Crippen molar-refractivity contribution < 1.29 is 4.74 Å². The van der Waals surface area contributed by atoms with Crippen molar-refractivity contribution in [3.05, 3.63) is 43.0 Å². The largest absolute Gasteiger partial charge is 0.383 e. The van der Waals surface area contributed by atoms with Gasteiger partial charge < -0.3 is 10.1 Å². The molecule has 0 bridgehead atoms. The Bertz CT molecular complexity index is 1040. The summed E-state index contributed by atoms with van der Waals surface area (Å²) in [6.07, 6.45) is 5.38. The molecule has 26 heavy (non-hydrogen) atoms. The number of fused-ring (bicyclic) bond motifs is 1. The van der Waals surface area contributed by atoms with Gasteiger partial charge in [-0.25, -0.2) is 9.97 Å². The Morgan fingerprint density at radius 2 is 2.12 bits per heavy atom. The van der Waals surface area contributed by atoms with Gasteiger partial charge in [-0.3, -0.25) is 9.78 Å². The van der Waals surface area contributed by atoms with E-state index in [9.17, 15) is 0 Å². The number of rotatable bonds is 6. The lowest BCUT2D eigenvalue weighted by Gasteiger charge is -2.05. The second-order valence-electron chi connectivity index (χ2n) is 5.94. The average Bonchev–Trinajstić information content (AvgIpc) is 3.28. The molecule has 4 rings (SSSR count). The van der Waals surface area contributed by atoms with Crippen LogP contribution in [-0.4, -0.2) is 50.2 Å². The fourth-order valence-corrected chi connectivity index (χ4v) is 2.82. The fraction of sp³-hybridized carbons (Fsp3) is 0.222. The summed E-state index contributed by atoms with van der Waals surface area (Å²) in [7, 11) is 3.58. The van der Waals surface area contributed by atoms with Gasteiger partial charge in [0.25, 0.3) is 0 Å². The zero-order valence-electron chi connectivity index (χ0n) is 14.6. The second-order valence-corrected chi connectivity index (χ2v) is 5.94. The molecule has 0 atom stereocenters. The standard InChI is InChI=1S/C18H19N7O/c1-25-10-13(9-22-25)12-3-4-15-14(7-12)18(24-23-15)16-8-17(21-11-20-16)19-5-6-26-2/h3-4,7-11H,5-6H2,1-2H3,(H,23,24)(H,19,20,21). The number of nitrogens with zero attached hydrogens (tertiary/aromatic N) is 5. The maximum absolute atomic E-state index is 5.05. The molecule has 2 N–H and O–H groups in total. The minimum atomic E-state index is 0.610. The number of aromatic nitrogens is 6. The number of aryl methyl sites for hydroxylation is 1. The molecule has 0 saturated carbocycles. The van der Waals surface area contributed by atoms with E-state index in [4.69, 9.17) is 4.74 Å². The number of nitrogens with one attached hydrogen (secondary N) is 2. The van der Waals surface area contributed by atoms with Crippen LogP contribution in [0.25, 0.3) is 33.4 Å². The number of benzene rings is 1. The lowest BCUT2D eigenvalue weighted by Crippen LogP contribution is -2.09. The summed E-state index contributed by atoms with van der Waals surface area (Å²) in [6.45, 7) is 1.29. The van der Waals surface area contributed by atoms with E-state index >= 15 is 0 Å². The molecular weight excluding hydrogens is 330 g/mol. The number of hydrogen-bond acceptors (Lipinski definition) is 6. The highest BCUT2D eigenvalue weighted by Crippen LogP contribution is 2.29. The third-order valence-corrected chi connectivity index (χ3v) is 4.12. The Morgan fingerprint density at radius 1 is 1.19 bits per heavy atom. The zero-order valence-corrected chi connectivity index (χ0v) is 14.6. The molecule has 3 aromatic heterocycles. The van der Waals surface area contributed by atoms with E-state index in [1.54, 1.807) is 11.8 Å². The number of methoxy groups -OCH3 is 1. The highest BCUT2D eigenvalue weighted by atomic mass is 16.5. The zero-order chi connectivity index (χ0) is 17.9. The van der Waals surface area contributed by atoms with Crippen molar-refractivity contribution in [1.29, 1.82) is 0 Å². The van der Waals surface area contributed by atoms with Crippen LogP contribution in [0, 0.1) is 0 Å². The minimum absolute atomic E-state index is 0.610. The van der Waals surface area contributed by atoms with Gasteiger partial charge in [0.2, 0.25) is 0 Å². The lowest BCUT2D eigenvalue weighted by molar-refractivity contribution is 0.210. The van der Waals surface area contributed by atoms with Crippen molar-refractivity contribution >= 4 is 16.7 Å². The molecular formula is C18H19N7O. The van der Waals surface area contributed by atoms with Crippen LogP contribution in [0.3, 0.4) is 0 Å². The van der Waals surface area contributed by atoms with E-state index in [0.29, 0.717) is 13.2 Å². The molecule has 0 amide bonds. The average molecular weight is 349 g/mol. The quantitative estimate of drug-likeness (QED) is 0.520. The maximum Gasteiger partial charge on any atom is 0.130 e. The van der Waals surface area contributed by atoms with Crippen molar-refractivity contribution in [3.63, 3.8) is 0 Å². The second kappa shape index (κ2) is 6.93. The summed E-state index contributed by atoms with van der Waals surface area (Å²) in [5, 5.41) is 16.0. The summed E-state index contributed by atoms with van der Waals surface area (Å²) < 4.78 is 6.84. The van der Waals surface area contributed by atoms with Crippen LogP contribution >= 0.6 is 0 Å². The van der Waals surface area contributed by atoms with E-state index in [0.717, 1.165) is 39.2 Å². The molecule has 0 radical (unpaired) electrons.